The van der Waals surface area contributed by atoms with Crippen LogP contribution in [0.5, 0.6) is 0 Å². The number of amides is 2. The number of nitrogen functional groups attached to an aromatic ring is 1. The number of nitrogens with zero attached hydrogens (tertiary/aromatic N) is 5. The average molecular weight is 722 g/mol. The van der Waals surface area contributed by atoms with Gasteiger partial charge in [0.1, 0.15) is 42.2 Å². The summed E-state index contributed by atoms with van der Waals surface area (Å²) >= 11 is 2.20. The number of aromatic nitrogens is 2. The van der Waals surface area contributed by atoms with Crippen molar-refractivity contribution < 1.29 is 67.8 Å². The second-order valence-corrected chi connectivity index (χ2v) is 13.0. The van der Waals surface area contributed by atoms with Crippen molar-refractivity contribution in [3.63, 3.8) is 0 Å². The third-order valence-electron chi connectivity index (χ3n) is 8.22. The summed E-state index contributed by atoms with van der Waals surface area (Å²) < 4.78 is 22.2. The number of ether oxygens (including phenoxy) is 1. The molecule has 2 atom stereocenters. The molecular formula is C30H29FN7NaO8S2. The number of hydrogen-bond acceptors (Lipinski definition) is 14. The molecule has 0 radical (unpaired) electrons. The molecule has 0 saturated carbocycles. The van der Waals surface area contributed by atoms with Crippen LogP contribution >= 0.6 is 23.1 Å². The molecule has 3 aromatic rings. The number of halogens is 1. The molecule has 2 amide bonds. The molecule has 15 nitrogen and oxygen atoms in total. The van der Waals surface area contributed by atoms with E-state index in [9.17, 15) is 29.1 Å². The second kappa shape index (κ2) is 14.9. The van der Waals surface area contributed by atoms with Crippen molar-refractivity contribution >= 4 is 74.3 Å². The van der Waals surface area contributed by atoms with Crippen LogP contribution in [0.2, 0.25) is 0 Å². The van der Waals surface area contributed by atoms with E-state index in [1.807, 2.05) is 11.8 Å². The number of carbonyl (C=O) groups is 4. The monoisotopic (exact) mass is 721 g/mol. The SMILES string of the molecule is CCn1cc(C(=O)OCC2=C(C(=O)[O-])N3C(=O)[C@@H](NC(=O)C(=NOC)c4csc(N)n4)[C@H]3SC2)c(=O)c2cc(F)c(N3CCCC3)cc21.[Na+]. The van der Waals surface area contributed by atoms with Crippen LogP contribution in [0.3, 0.4) is 0 Å². The summed E-state index contributed by atoms with van der Waals surface area (Å²) in [6.45, 7) is 3.02. The first-order chi connectivity index (χ1) is 23.0. The fourth-order valence-corrected chi connectivity index (χ4v) is 7.80. The number of carbonyl (C=O) groups excluding carboxylic acids is 4. The third kappa shape index (κ3) is 6.79. The number of pyridine rings is 1. The summed E-state index contributed by atoms with van der Waals surface area (Å²) in [6, 6.07) is 1.63. The zero-order chi connectivity index (χ0) is 34.3. The van der Waals surface area contributed by atoms with Crippen molar-refractivity contribution in [3.05, 3.63) is 62.3 Å². The number of β-lactam (4-membered cyclic amide) rings is 1. The topological polar surface area (TPSA) is 202 Å². The number of nitrogens with two attached hydrogens (primary N) is 1. The van der Waals surface area contributed by atoms with Gasteiger partial charge in [-0.2, -0.15) is 0 Å². The molecule has 0 bridgehead atoms. The number of anilines is 2. The van der Waals surface area contributed by atoms with Crippen molar-refractivity contribution in [1.29, 1.82) is 0 Å². The number of carboxylic acids is 1. The molecular weight excluding hydrogens is 692 g/mol. The molecule has 3 aliphatic rings. The zero-order valence-corrected chi connectivity index (χ0v) is 30.3. The van der Waals surface area contributed by atoms with Gasteiger partial charge in [-0.15, -0.1) is 23.1 Å². The number of aryl methyl sites for hydroxylation is 1. The van der Waals surface area contributed by atoms with Gasteiger partial charge in [0.05, 0.1) is 22.9 Å². The van der Waals surface area contributed by atoms with E-state index < -0.39 is 58.7 Å². The van der Waals surface area contributed by atoms with E-state index in [1.165, 1.54) is 18.7 Å². The number of carboxylic acid groups (broad SMARTS) is 1. The maximum absolute atomic E-state index is 15.1. The van der Waals surface area contributed by atoms with Gasteiger partial charge in [0.15, 0.2) is 10.8 Å². The molecule has 252 valence electrons. The number of aliphatic carboxylic acids is 1. The van der Waals surface area contributed by atoms with Crippen LogP contribution in [0, 0.1) is 5.82 Å². The third-order valence-corrected chi connectivity index (χ3v) is 10.2. The van der Waals surface area contributed by atoms with Gasteiger partial charge in [-0.25, -0.2) is 14.2 Å². The maximum Gasteiger partial charge on any atom is 1.00 e. The Kier molecular flexibility index (Phi) is 11.0. The Morgan fingerprint density at radius 3 is 2.59 bits per heavy atom. The summed E-state index contributed by atoms with van der Waals surface area (Å²) in [4.78, 5) is 76.5. The molecule has 2 aromatic heterocycles. The van der Waals surface area contributed by atoms with Crippen LogP contribution in [0.1, 0.15) is 35.8 Å². The molecule has 3 aliphatic heterocycles. The van der Waals surface area contributed by atoms with Crippen molar-refractivity contribution in [2.75, 3.05) is 43.2 Å². The van der Waals surface area contributed by atoms with Crippen LogP contribution in [0.25, 0.3) is 10.9 Å². The number of benzene rings is 1. The number of oxime groups is 1. The van der Waals surface area contributed by atoms with Crippen LogP contribution in [0.4, 0.5) is 15.2 Å². The smallest absolute Gasteiger partial charge is 0.543 e. The Bertz CT molecular complexity index is 1980. The number of thioether (sulfide) groups is 1. The van der Waals surface area contributed by atoms with Gasteiger partial charge in [0.2, 0.25) is 5.43 Å². The minimum Gasteiger partial charge on any atom is -0.543 e. The first-order valence-corrected chi connectivity index (χ1v) is 16.8. The number of rotatable bonds is 10. The number of fused-ring (bicyclic) bond motifs is 2. The van der Waals surface area contributed by atoms with E-state index in [-0.39, 0.29) is 68.4 Å². The number of nitrogens with one attached hydrogen (secondary N) is 1. The zero-order valence-electron chi connectivity index (χ0n) is 26.7. The van der Waals surface area contributed by atoms with E-state index >= 15 is 4.39 Å². The standard InChI is InChI=1S/C30H30FN7O8S2.Na/c1-3-36-10-16(24(39)15-8-17(31)20(9-19(15)36)37-6-4-5-7-37)29(44)46-11-14-12-47-27-22(26(41)38(27)23(14)28(42)43)34-25(40)21(35-45-2)18-13-48-30(32)33-18;/h8-10,13,22,27H,3-7,11-12H2,1-2H3,(H2,32,33)(H,34,40)(H,42,43);/q;+1/p-1/t22-,27-;/m1./s1. The van der Waals surface area contributed by atoms with Gasteiger partial charge in [0.25, 0.3) is 11.8 Å². The van der Waals surface area contributed by atoms with Crippen LogP contribution in [-0.2, 0) is 30.5 Å². The summed E-state index contributed by atoms with van der Waals surface area (Å²) in [6.07, 6.45) is 3.22. The number of thiazole rings is 1. The maximum atomic E-state index is 15.1. The van der Waals surface area contributed by atoms with Gasteiger partial charge in [-0.3, -0.25) is 19.3 Å². The van der Waals surface area contributed by atoms with Crippen LogP contribution < -0.4 is 56.0 Å². The van der Waals surface area contributed by atoms with E-state index in [0.717, 1.165) is 46.9 Å². The Hall–Kier alpha value is -3.97. The molecule has 0 spiro atoms. The van der Waals surface area contributed by atoms with Crippen molar-refractivity contribution in [3.8, 4) is 0 Å². The van der Waals surface area contributed by atoms with Gasteiger partial charge >= 0.3 is 35.5 Å². The van der Waals surface area contributed by atoms with Gasteiger partial charge < -0.3 is 40.0 Å². The molecule has 3 N–H and O–H groups in total. The van der Waals surface area contributed by atoms with Gasteiger partial charge in [-0.1, -0.05) is 5.16 Å². The average Bonchev–Trinajstić information content (AvgIpc) is 3.76. The molecule has 0 aliphatic carbocycles. The fourth-order valence-electron chi connectivity index (χ4n) is 5.92. The summed E-state index contributed by atoms with van der Waals surface area (Å²) in [5.74, 6) is -4.84. The predicted octanol–water partition coefficient (Wildman–Crippen LogP) is -2.59. The van der Waals surface area contributed by atoms with Crippen molar-refractivity contribution in [2.24, 2.45) is 5.16 Å². The minimum atomic E-state index is -1.69. The summed E-state index contributed by atoms with van der Waals surface area (Å²) in [7, 11) is 1.23. The van der Waals surface area contributed by atoms with Crippen LogP contribution in [-0.4, -0.2) is 87.9 Å². The molecule has 2 saturated heterocycles. The van der Waals surface area contributed by atoms with Crippen molar-refractivity contribution in [2.45, 2.75) is 37.7 Å². The van der Waals surface area contributed by atoms with E-state index in [4.69, 9.17) is 15.3 Å². The first kappa shape index (κ1) is 36.3. The van der Waals surface area contributed by atoms with Crippen LogP contribution in [0.15, 0.2) is 44.9 Å². The largest absolute Gasteiger partial charge is 1.00 e. The Labute approximate surface area is 308 Å². The molecule has 6 rings (SSSR count). The Morgan fingerprint density at radius 2 is 1.96 bits per heavy atom. The van der Waals surface area contributed by atoms with E-state index in [2.05, 4.69) is 15.5 Å². The van der Waals surface area contributed by atoms with E-state index in [0.29, 0.717) is 30.8 Å². The quantitative estimate of drug-likeness (QED) is 0.0729. The fraction of sp³-hybridized carbons (Fsp3) is 0.367. The molecule has 5 heterocycles. The Balaban J connectivity index is 0.00000468. The molecule has 2 fully saturated rings. The van der Waals surface area contributed by atoms with Gasteiger partial charge in [0, 0.05) is 47.9 Å². The predicted molar refractivity (Wildman–Crippen MR) is 173 cm³/mol. The molecule has 1 aromatic carbocycles. The molecule has 49 heavy (non-hydrogen) atoms. The second-order valence-electron chi connectivity index (χ2n) is 11.0. The first-order valence-electron chi connectivity index (χ1n) is 14.8. The summed E-state index contributed by atoms with van der Waals surface area (Å²) in [5, 5.41) is 19.3. The molecule has 19 heteroatoms. The Morgan fingerprint density at radius 1 is 1.22 bits per heavy atom. The van der Waals surface area contributed by atoms with Gasteiger partial charge in [-0.05, 0) is 31.9 Å². The molecule has 0 unspecified atom stereocenters. The number of hydrogen-bond donors (Lipinski definition) is 2. The normalized spacial score (nSPS) is 18.9. The van der Waals surface area contributed by atoms with E-state index in [1.54, 1.807) is 10.6 Å². The van der Waals surface area contributed by atoms with Crippen molar-refractivity contribution in [1.82, 2.24) is 19.8 Å². The number of esters is 1. The summed E-state index contributed by atoms with van der Waals surface area (Å²) in [5.41, 5.74) is 4.88. The minimum absolute atomic E-state index is 0.